The van der Waals surface area contributed by atoms with Crippen LogP contribution in [0.4, 0.5) is 0 Å². The first-order chi connectivity index (χ1) is 15.0. The number of ether oxygens (including phenoxy) is 2. The number of thiophene rings is 1. The minimum Gasteiger partial charge on any atom is -0.389 e. The van der Waals surface area contributed by atoms with E-state index in [-0.39, 0.29) is 12.2 Å². The molecule has 2 aromatic heterocycles. The molecule has 2 heterocycles. The number of aromatic nitrogens is 2. The molecule has 0 saturated carbocycles. The van der Waals surface area contributed by atoms with Gasteiger partial charge in [0, 0.05) is 49.4 Å². The predicted octanol–water partition coefficient (Wildman–Crippen LogP) is 3.54. The van der Waals surface area contributed by atoms with Gasteiger partial charge in [0.1, 0.15) is 10.7 Å². The Hall–Kier alpha value is -1.81. The topological polar surface area (TPSA) is 87.7 Å². The molecule has 9 heteroatoms. The first kappa shape index (κ1) is 23.8. The normalized spacial score (nSPS) is 12.7. The van der Waals surface area contributed by atoms with E-state index in [9.17, 15) is 9.90 Å². The summed E-state index contributed by atoms with van der Waals surface area (Å²) < 4.78 is 10.5. The van der Waals surface area contributed by atoms with Crippen LogP contribution in [0, 0.1) is 0 Å². The van der Waals surface area contributed by atoms with E-state index >= 15 is 0 Å². The summed E-state index contributed by atoms with van der Waals surface area (Å²) in [6.07, 6.45) is 0.191. The van der Waals surface area contributed by atoms with Gasteiger partial charge >= 0.3 is 0 Å². The number of aliphatic hydroxyl groups is 1. The van der Waals surface area contributed by atoms with Gasteiger partial charge in [-0.1, -0.05) is 23.7 Å². The van der Waals surface area contributed by atoms with E-state index in [0.717, 1.165) is 17.5 Å². The van der Waals surface area contributed by atoms with Gasteiger partial charge in [-0.3, -0.25) is 9.69 Å². The summed E-state index contributed by atoms with van der Waals surface area (Å²) in [4.78, 5) is 23.3. The Kier molecular flexibility index (Phi) is 9.01. The molecule has 0 fully saturated rings. The molecular formula is C22H28ClN3O4S. The van der Waals surface area contributed by atoms with E-state index in [1.54, 1.807) is 13.2 Å². The summed E-state index contributed by atoms with van der Waals surface area (Å²) in [5.41, 5.74) is 1.54. The number of aromatic amines is 1. The molecule has 7 nitrogen and oxygen atoms in total. The number of aliphatic hydroxyl groups excluding tert-OH is 1. The molecule has 0 amide bonds. The molecule has 0 aliphatic rings. The van der Waals surface area contributed by atoms with Crippen LogP contribution in [0.3, 0.4) is 0 Å². The van der Waals surface area contributed by atoms with Crippen molar-refractivity contribution < 1.29 is 14.6 Å². The summed E-state index contributed by atoms with van der Waals surface area (Å²) in [6, 6.07) is 7.44. The van der Waals surface area contributed by atoms with E-state index in [4.69, 9.17) is 21.1 Å². The van der Waals surface area contributed by atoms with Crippen molar-refractivity contribution in [2.45, 2.75) is 26.0 Å². The van der Waals surface area contributed by atoms with Crippen molar-refractivity contribution in [2.75, 3.05) is 40.0 Å². The maximum absolute atomic E-state index is 12.9. The lowest BCUT2D eigenvalue weighted by molar-refractivity contribution is 0.0177. The molecule has 168 valence electrons. The third-order valence-corrected chi connectivity index (χ3v) is 5.92. The number of rotatable bonds is 12. The van der Waals surface area contributed by atoms with Crippen LogP contribution in [0.2, 0.25) is 5.02 Å². The molecule has 0 aliphatic carbocycles. The first-order valence-electron chi connectivity index (χ1n) is 10.2. The Morgan fingerprint density at radius 2 is 2.23 bits per heavy atom. The molecule has 0 spiro atoms. The van der Waals surface area contributed by atoms with Crippen molar-refractivity contribution in [3.63, 3.8) is 0 Å². The van der Waals surface area contributed by atoms with Gasteiger partial charge in [0.05, 0.1) is 24.6 Å². The van der Waals surface area contributed by atoms with Crippen molar-refractivity contribution >= 4 is 33.2 Å². The predicted molar refractivity (Wildman–Crippen MR) is 125 cm³/mol. The standard InChI is InChI=1S/C22H28ClN3O4S/c1-3-30-13-17(27)11-26(8-5-9-29-2)12-19-24-21(28)20-18(14-31-22(20)25-19)15-6-4-7-16(23)10-15/h4,6-7,10,14,17,27H,3,5,8-9,11-13H2,1-2H3,(H,24,25,28). The molecule has 0 aliphatic heterocycles. The molecule has 1 aromatic carbocycles. The molecule has 3 rings (SSSR count). The van der Waals surface area contributed by atoms with E-state index in [0.29, 0.717) is 53.9 Å². The zero-order valence-corrected chi connectivity index (χ0v) is 19.3. The Bertz CT molecular complexity index is 1040. The number of nitrogens with one attached hydrogen (secondary N) is 1. The summed E-state index contributed by atoms with van der Waals surface area (Å²) in [5.74, 6) is 0.568. The van der Waals surface area contributed by atoms with Gasteiger partial charge in [-0.05, 0) is 31.0 Å². The monoisotopic (exact) mass is 465 g/mol. The van der Waals surface area contributed by atoms with E-state index in [1.165, 1.54) is 11.3 Å². The second-order valence-corrected chi connectivity index (χ2v) is 8.54. The largest absolute Gasteiger partial charge is 0.389 e. The number of fused-ring (bicyclic) bond motifs is 1. The third kappa shape index (κ3) is 6.58. The fraction of sp³-hybridized carbons (Fsp3) is 0.455. The van der Waals surface area contributed by atoms with Crippen LogP contribution in [0.25, 0.3) is 21.3 Å². The maximum Gasteiger partial charge on any atom is 0.260 e. The van der Waals surface area contributed by atoms with Crippen molar-refractivity contribution in [3.05, 3.63) is 50.8 Å². The van der Waals surface area contributed by atoms with Gasteiger partial charge in [-0.2, -0.15) is 0 Å². The molecule has 1 atom stereocenters. The van der Waals surface area contributed by atoms with E-state index in [1.807, 2.05) is 30.5 Å². The minimum atomic E-state index is -0.617. The zero-order chi connectivity index (χ0) is 22.2. The summed E-state index contributed by atoms with van der Waals surface area (Å²) in [7, 11) is 1.66. The second kappa shape index (κ2) is 11.7. The lowest BCUT2D eigenvalue weighted by atomic mass is 10.1. The third-order valence-electron chi connectivity index (χ3n) is 4.81. The number of methoxy groups -OCH3 is 1. The molecule has 0 bridgehead atoms. The number of hydrogen-bond donors (Lipinski definition) is 2. The van der Waals surface area contributed by atoms with Crippen LogP contribution in [0.15, 0.2) is 34.4 Å². The van der Waals surface area contributed by atoms with E-state index < -0.39 is 6.10 Å². The smallest absolute Gasteiger partial charge is 0.260 e. The van der Waals surface area contributed by atoms with Crippen molar-refractivity contribution in [1.82, 2.24) is 14.9 Å². The maximum atomic E-state index is 12.9. The molecular weight excluding hydrogens is 438 g/mol. The van der Waals surface area contributed by atoms with Crippen LogP contribution in [-0.2, 0) is 16.0 Å². The average Bonchev–Trinajstić information content (AvgIpc) is 3.17. The Morgan fingerprint density at radius 1 is 1.39 bits per heavy atom. The summed E-state index contributed by atoms with van der Waals surface area (Å²) in [5, 5.41) is 13.4. The van der Waals surface area contributed by atoms with Crippen molar-refractivity contribution in [2.24, 2.45) is 0 Å². The zero-order valence-electron chi connectivity index (χ0n) is 17.8. The summed E-state index contributed by atoms with van der Waals surface area (Å²) >= 11 is 7.55. The van der Waals surface area contributed by atoms with Crippen LogP contribution >= 0.6 is 22.9 Å². The van der Waals surface area contributed by atoms with Gasteiger partial charge < -0.3 is 19.6 Å². The van der Waals surface area contributed by atoms with Crippen molar-refractivity contribution in [1.29, 1.82) is 0 Å². The number of benzene rings is 1. The first-order valence-corrected chi connectivity index (χ1v) is 11.5. The number of H-pyrrole nitrogens is 1. The number of hydrogen-bond acceptors (Lipinski definition) is 7. The van der Waals surface area contributed by atoms with Crippen LogP contribution in [-0.4, -0.2) is 66.1 Å². The number of halogens is 1. The highest BCUT2D eigenvalue weighted by Gasteiger charge is 2.17. The quantitative estimate of drug-likeness (QED) is 0.398. The van der Waals surface area contributed by atoms with Gasteiger partial charge in [0.15, 0.2) is 0 Å². The highest BCUT2D eigenvalue weighted by Crippen LogP contribution is 2.32. The fourth-order valence-corrected chi connectivity index (χ4v) is 4.58. The highest BCUT2D eigenvalue weighted by molar-refractivity contribution is 7.17. The lowest BCUT2D eigenvalue weighted by Gasteiger charge is -2.24. The fourth-order valence-electron chi connectivity index (χ4n) is 3.42. The van der Waals surface area contributed by atoms with Crippen LogP contribution < -0.4 is 5.56 Å². The van der Waals surface area contributed by atoms with Gasteiger partial charge in [0.2, 0.25) is 0 Å². The molecule has 31 heavy (non-hydrogen) atoms. The molecule has 0 radical (unpaired) electrons. The average molecular weight is 466 g/mol. The highest BCUT2D eigenvalue weighted by atomic mass is 35.5. The molecule has 2 N–H and O–H groups in total. The molecule has 1 unspecified atom stereocenters. The Morgan fingerprint density at radius 3 is 2.97 bits per heavy atom. The second-order valence-electron chi connectivity index (χ2n) is 7.25. The van der Waals surface area contributed by atoms with Gasteiger partial charge in [0.25, 0.3) is 5.56 Å². The minimum absolute atomic E-state index is 0.178. The van der Waals surface area contributed by atoms with Crippen LogP contribution in [0.5, 0.6) is 0 Å². The molecule has 0 saturated heterocycles. The van der Waals surface area contributed by atoms with Crippen molar-refractivity contribution in [3.8, 4) is 11.1 Å². The lowest BCUT2D eigenvalue weighted by Crippen LogP contribution is -2.36. The van der Waals surface area contributed by atoms with E-state index in [2.05, 4.69) is 14.9 Å². The number of nitrogens with zero attached hydrogens (tertiary/aromatic N) is 2. The summed E-state index contributed by atoms with van der Waals surface area (Å²) in [6.45, 7) is 4.89. The van der Waals surface area contributed by atoms with Gasteiger partial charge in [-0.25, -0.2) is 4.98 Å². The Balaban J connectivity index is 1.82. The molecule has 3 aromatic rings. The SMILES string of the molecule is CCOCC(O)CN(CCCOC)Cc1nc2scc(-c3cccc(Cl)c3)c2c(=O)[nH]1. The Labute approximate surface area is 190 Å². The van der Waals surface area contributed by atoms with Crippen LogP contribution in [0.1, 0.15) is 19.2 Å². The van der Waals surface area contributed by atoms with Gasteiger partial charge in [-0.15, -0.1) is 11.3 Å².